The van der Waals surface area contributed by atoms with Crippen molar-refractivity contribution in [3.05, 3.63) is 28.7 Å². The minimum absolute atomic E-state index is 0.000572. The largest absolute Gasteiger partial charge is 0.358 e. The van der Waals surface area contributed by atoms with Gasteiger partial charge in [0, 0.05) is 17.5 Å². The van der Waals surface area contributed by atoms with E-state index in [1.165, 1.54) is 12.1 Å². The lowest BCUT2D eigenvalue weighted by molar-refractivity contribution is 0.238. The third kappa shape index (κ3) is 2.63. The topological polar surface area (TPSA) is 67.2 Å². The number of fused-ring (bicyclic) bond motifs is 1. The van der Waals surface area contributed by atoms with E-state index in [0.717, 1.165) is 12.8 Å². The van der Waals surface area contributed by atoms with Gasteiger partial charge >= 0.3 is 6.03 Å². The Labute approximate surface area is 113 Å². The first-order valence-electron chi connectivity index (χ1n) is 5.91. The normalized spacial score (nSPS) is 14.6. The summed E-state index contributed by atoms with van der Waals surface area (Å²) in [6.07, 6.45) is 2.04. The molecule has 0 bridgehead atoms. The smallest absolute Gasteiger partial charge is 0.315 e. The van der Waals surface area contributed by atoms with Crippen molar-refractivity contribution in [1.82, 2.24) is 15.8 Å². The summed E-state index contributed by atoms with van der Waals surface area (Å²) in [5.41, 5.74) is 0.376. The maximum Gasteiger partial charge on any atom is 0.315 e. The fourth-order valence-corrected chi connectivity index (χ4v) is 1.90. The van der Waals surface area contributed by atoms with E-state index in [0.29, 0.717) is 16.7 Å². The molecular formula is C12H11ClFN3O2. The molecule has 1 aromatic heterocycles. The van der Waals surface area contributed by atoms with E-state index in [1.807, 2.05) is 0 Å². The third-order valence-corrected chi connectivity index (χ3v) is 3.20. The monoisotopic (exact) mass is 283 g/mol. The third-order valence-electron chi connectivity index (χ3n) is 2.92. The Bertz CT molecular complexity index is 639. The van der Waals surface area contributed by atoms with E-state index >= 15 is 0 Å². The molecule has 7 heteroatoms. The average molecular weight is 284 g/mol. The molecule has 0 atom stereocenters. The van der Waals surface area contributed by atoms with Crippen molar-refractivity contribution in [2.24, 2.45) is 0 Å². The average Bonchev–Trinajstić information content (AvgIpc) is 3.10. The number of rotatable bonds is 3. The molecule has 5 nitrogen and oxygen atoms in total. The molecule has 1 heterocycles. The van der Waals surface area contributed by atoms with Crippen LogP contribution in [-0.2, 0) is 6.54 Å². The van der Waals surface area contributed by atoms with Crippen LogP contribution >= 0.6 is 11.6 Å². The second-order valence-corrected chi connectivity index (χ2v) is 4.90. The number of benzene rings is 1. The van der Waals surface area contributed by atoms with E-state index in [4.69, 9.17) is 16.1 Å². The highest BCUT2D eigenvalue weighted by Crippen LogP contribution is 2.25. The van der Waals surface area contributed by atoms with E-state index in [9.17, 15) is 9.18 Å². The molecule has 1 saturated carbocycles. The van der Waals surface area contributed by atoms with Crippen molar-refractivity contribution in [2.45, 2.75) is 25.4 Å². The van der Waals surface area contributed by atoms with Crippen LogP contribution in [0.1, 0.15) is 18.6 Å². The summed E-state index contributed by atoms with van der Waals surface area (Å²) < 4.78 is 18.3. The first-order chi connectivity index (χ1) is 9.13. The van der Waals surface area contributed by atoms with Gasteiger partial charge in [-0.05, 0) is 18.9 Å². The maximum atomic E-state index is 13.2. The lowest BCUT2D eigenvalue weighted by Gasteiger charge is -2.04. The first-order valence-corrected chi connectivity index (χ1v) is 6.29. The van der Waals surface area contributed by atoms with Gasteiger partial charge in [-0.1, -0.05) is 16.8 Å². The van der Waals surface area contributed by atoms with Gasteiger partial charge in [0.25, 0.3) is 0 Å². The number of hydrogen-bond acceptors (Lipinski definition) is 3. The molecule has 2 N–H and O–H groups in total. The number of nitrogens with zero attached hydrogens (tertiary/aromatic N) is 1. The van der Waals surface area contributed by atoms with E-state index in [2.05, 4.69) is 15.8 Å². The highest BCUT2D eigenvalue weighted by molar-refractivity contribution is 6.31. The molecule has 1 aromatic carbocycles. The fourth-order valence-electron chi connectivity index (χ4n) is 1.74. The van der Waals surface area contributed by atoms with Gasteiger partial charge in [0.15, 0.2) is 5.76 Å². The summed E-state index contributed by atoms with van der Waals surface area (Å²) in [5.74, 6) is -0.101. The summed E-state index contributed by atoms with van der Waals surface area (Å²) >= 11 is 5.71. The van der Waals surface area contributed by atoms with Crippen LogP contribution in [-0.4, -0.2) is 17.2 Å². The quantitative estimate of drug-likeness (QED) is 0.910. The predicted octanol–water partition coefficient (Wildman–Crippen LogP) is 2.58. The van der Waals surface area contributed by atoms with Gasteiger partial charge in [0.1, 0.15) is 11.3 Å². The molecular weight excluding hydrogens is 273 g/mol. The summed E-state index contributed by atoms with van der Waals surface area (Å²) in [6, 6.07) is 2.68. The summed E-state index contributed by atoms with van der Waals surface area (Å²) in [7, 11) is 0. The standard InChI is InChI=1S/C12H11ClFN3O2/c13-8-3-7-10(4-9(8)14)17-19-11(7)5-15-12(18)16-6-1-2-6/h3-4,6H,1-2,5H2,(H2,15,16,18). The van der Waals surface area contributed by atoms with Crippen molar-refractivity contribution in [3.63, 3.8) is 0 Å². The molecule has 1 aliphatic rings. The van der Waals surface area contributed by atoms with Crippen LogP contribution in [0.25, 0.3) is 10.9 Å². The van der Waals surface area contributed by atoms with E-state index < -0.39 is 5.82 Å². The van der Waals surface area contributed by atoms with Crippen molar-refractivity contribution in [1.29, 1.82) is 0 Å². The van der Waals surface area contributed by atoms with Crippen molar-refractivity contribution in [3.8, 4) is 0 Å². The maximum absolute atomic E-state index is 13.2. The van der Waals surface area contributed by atoms with Crippen LogP contribution in [0.5, 0.6) is 0 Å². The summed E-state index contributed by atoms with van der Waals surface area (Å²) in [4.78, 5) is 11.5. The van der Waals surface area contributed by atoms with Gasteiger partial charge in [-0.25, -0.2) is 9.18 Å². The molecule has 3 rings (SSSR count). The van der Waals surface area contributed by atoms with Gasteiger partial charge in [-0.2, -0.15) is 0 Å². The van der Waals surface area contributed by atoms with Crippen molar-refractivity contribution in [2.75, 3.05) is 0 Å². The van der Waals surface area contributed by atoms with Crippen LogP contribution in [0, 0.1) is 5.82 Å². The lowest BCUT2D eigenvalue weighted by Crippen LogP contribution is -2.36. The molecule has 2 aromatic rings. The molecule has 100 valence electrons. The lowest BCUT2D eigenvalue weighted by atomic mass is 10.2. The van der Waals surface area contributed by atoms with E-state index in [-0.39, 0.29) is 23.6 Å². The van der Waals surface area contributed by atoms with Crippen LogP contribution in [0.2, 0.25) is 5.02 Å². The number of amides is 2. The number of halogens is 2. The van der Waals surface area contributed by atoms with Gasteiger partial charge in [-0.3, -0.25) is 0 Å². The summed E-state index contributed by atoms with van der Waals surface area (Å²) in [6.45, 7) is 0.178. The highest BCUT2D eigenvalue weighted by Gasteiger charge is 2.23. The minimum atomic E-state index is -0.548. The van der Waals surface area contributed by atoms with E-state index in [1.54, 1.807) is 0 Å². The molecule has 2 amide bonds. The van der Waals surface area contributed by atoms with Gasteiger partial charge in [0.05, 0.1) is 11.6 Å². The number of hydrogen-bond donors (Lipinski definition) is 2. The Morgan fingerprint density at radius 2 is 2.32 bits per heavy atom. The molecule has 0 saturated heterocycles. The second kappa shape index (κ2) is 4.70. The number of nitrogens with one attached hydrogen (secondary N) is 2. The molecule has 1 fully saturated rings. The summed E-state index contributed by atoms with van der Waals surface area (Å²) in [5, 5.41) is 9.77. The number of urea groups is 1. The Kier molecular flexibility index (Phi) is 3.02. The number of carbonyl (C=O) groups is 1. The number of aromatic nitrogens is 1. The molecule has 0 aliphatic heterocycles. The molecule has 1 aliphatic carbocycles. The van der Waals surface area contributed by atoms with Crippen molar-refractivity contribution < 1.29 is 13.7 Å². The Morgan fingerprint density at radius 3 is 3.05 bits per heavy atom. The molecule has 0 spiro atoms. The Balaban J connectivity index is 1.73. The van der Waals surface area contributed by atoms with Gasteiger partial charge in [0.2, 0.25) is 0 Å². The van der Waals surface area contributed by atoms with Gasteiger partial charge in [-0.15, -0.1) is 0 Å². The fraction of sp³-hybridized carbons (Fsp3) is 0.333. The SMILES string of the molecule is O=C(NCc1onc2cc(F)c(Cl)cc12)NC1CC1. The van der Waals surface area contributed by atoms with Crippen LogP contribution in [0.4, 0.5) is 9.18 Å². The van der Waals surface area contributed by atoms with Crippen molar-refractivity contribution >= 4 is 28.5 Å². The first kappa shape index (κ1) is 12.2. The molecule has 19 heavy (non-hydrogen) atoms. The zero-order chi connectivity index (χ0) is 13.4. The Hall–Kier alpha value is -1.82. The Morgan fingerprint density at radius 1 is 1.53 bits per heavy atom. The van der Waals surface area contributed by atoms with Crippen LogP contribution in [0.15, 0.2) is 16.7 Å². The highest BCUT2D eigenvalue weighted by atomic mass is 35.5. The predicted molar refractivity (Wildman–Crippen MR) is 67.4 cm³/mol. The van der Waals surface area contributed by atoms with Gasteiger partial charge < -0.3 is 15.2 Å². The molecule has 0 unspecified atom stereocenters. The van der Waals surface area contributed by atoms with Crippen LogP contribution < -0.4 is 10.6 Å². The zero-order valence-electron chi connectivity index (χ0n) is 9.87. The second-order valence-electron chi connectivity index (χ2n) is 4.49. The zero-order valence-corrected chi connectivity index (χ0v) is 10.6. The number of carbonyl (C=O) groups excluding carboxylic acids is 1. The molecule has 0 radical (unpaired) electrons. The van der Waals surface area contributed by atoms with Crippen LogP contribution in [0.3, 0.4) is 0 Å². The minimum Gasteiger partial charge on any atom is -0.358 e.